The number of hydrogen-bond donors (Lipinski definition) is 0. The topological polar surface area (TPSA) is 78.9 Å². The predicted molar refractivity (Wildman–Crippen MR) is 105 cm³/mol. The molecule has 0 unspecified atom stereocenters. The van der Waals surface area contributed by atoms with E-state index in [4.69, 9.17) is 14.2 Å². The van der Waals surface area contributed by atoms with E-state index in [-0.39, 0.29) is 5.57 Å². The maximum absolute atomic E-state index is 12.4. The van der Waals surface area contributed by atoms with E-state index in [9.17, 15) is 14.4 Å². The van der Waals surface area contributed by atoms with E-state index in [0.29, 0.717) is 27.7 Å². The number of benzene rings is 1. The summed E-state index contributed by atoms with van der Waals surface area (Å²) in [5.74, 6) is -2.72. The van der Waals surface area contributed by atoms with Crippen LogP contribution < -0.4 is 4.74 Å². The van der Waals surface area contributed by atoms with Gasteiger partial charge in [0, 0.05) is 28.9 Å². The van der Waals surface area contributed by atoms with E-state index in [2.05, 4.69) is 22.6 Å². The molecule has 0 atom stereocenters. The molecule has 1 saturated carbocycles. The Morgan fingerprint density at radius 1 is 1.16 bits per heavy atom. The molecule has 0 radical (unpaired) electrons. The lowest BCUT2D eigenvalue weighted by Gasteiger charge is -2.32. The van der Waals surface area contributed by atoms with Crippen molar-refractivity contribution >= 4 is 69.2 Å². The summed E-state index contributed by atoms with van der Waals surface area (Å²) in [7, 11) is 0. The lowest BCUT2D eigenvalue weighted by Crippen LogP contribution is -2.44. The molecule has 2 aliphatic rings. The molecule has 3 rings (SSSR count). The van der Waals surface area contributed by atoms with Crippen molar-refractivity contribution < 1.29 is 28.6 Å². The summed E-state index contributed by atoms with van der Waals surface area (Å²) < 4.78 is 17.6. The quantitative estimate of drug-likeness (QED) is 0.179. The van der Waals surface area contributed by atoms with Crippen molar-refractivity contribution in [3.05, 3.63) is 30.4 Å². The Bertz CT molecular complexity index is 771. The van der Waals surface area contributed by atoms with Gasteiger partial charge >= 0.3 is 17.9 Å². The molecule has 25 heavy (non-hydrogen) atoms. The number of hydrogen-bond acceptors (Lipinski definition) is 6. The second-order valence-corrected chi connectivity index (χ2v) is 8.26. The highest BCUT2D eigenvalue weighted by Crippen LogP contribution is 2.39. The van der Waals surface area contributed by atoms with Gasteiger partial charge in [0.15, 0.2) is 5.75 Å². The smallest absolute Gasteiger partial charge is 0.348 e. The molecule has 8 heteroatoms. The third-order valence-corrected chi connectivity index (χ3v) is 5.37. The van der Waals surface area contributed by atoms with Crippen LogP contribution in [0.1, 0.15) is 38.2 Å². The molecular weight excluding hydrogens is 554 g/mol. The van der Waals surface area contributed by atoms with Gasteiger partial charge in [-0.2, -0.15) is 0 Å². The van der Waals surface area contributed by atoms with Crippen molar-refractivity contribution in [2.45, 2.75) is 38.4 Å². The van der Waals surface area contributed by atoms with Crippen LogP contribution in [0.4, 0.5) is 0 Å². The molecule has 1 spiro atoms. The van der Waals surface area contributed by atoms with Crippen LogP contribution in [0.2, 0.25) is 0 Å². The SMILES string of the molecule is CC(=O)Oc1c(I)cc(I)cc1C=C1C(=O)OC2(CCCC2)OC1=O. The van der Waals surface area contributed by atoms with Crippen LogP contribution in [-0.4, -0.2) is 23.7 Å². The van der Waals surface area contributed by atoms with Crippen LogP contribution in [0.5, 0.6) is 5.75 Å². The van der Waals surface area contributed by atoms with Gasteiger partial charge in [-0.25, -0.2) is 9.59 Å². The van der Waals surface area contributed by atoms with Gasteiger partial charge in [-0.15, -0.1) is 0 Å². The van der Waals surface area contributed by atoms with E-state index in [1.54, 1.807) is 6.07 Å². The number of carbonyl (C=O) groups excluding carboxylic acids is 3. The van der Waals surface area contributed by atoms with Crippen molar-refractivity contribution in [3.8, 4) is 5.75 Å². The fourth-order valence-electron chi connectivity index (χ4n) is 2.88. The summed E-state index contributed by atoms with van der Waals surface area (Å²) in [6, 6.07) is 3.54. The average Bonchev–Trinajstić information content (AvgIpc) is 2.93. The first-order chi connectivity index (χ1) is 11.8. The molecule has 0 bridgehead atoms. The molecule has 1 aromatic rings. The highest BCUT2D eigenvalue weighted by atomic mass is 127. The van der Waals surface area contributed by atoms with Crippen LogP contribution in [-0.2, 0) is 23.9 Å². The second kappa shape index (κ2) is 7.22. The Morgan fingerprint density at radius 3 is 2.32 bits per heavy atom. The lowest BCUT2D eigenvalue weighted by molar-refractivity contribution is -0.232. The molecule has 2 fully saturated rings. The van der Waals surface area contributed by atoms with E-state index in [1.165, 1.54) is 13.0 Å². The monoisotopic (exact) mass is 568 g/mol. The van der Waals surface area contributed by atoms with Crippen LogP contribution in [0, 0.1) is 7.14 Å². The van der Waals surface area contributed by atoms with Gasteiger partial charge in [-0.05, 0) is 76.2 Å². The van der Waals surface area contributed by atoms with E-state index >= 15 is 0 Å². The molecular formula is C17H14I2O6. The van der Waals surface area contributed by atoms with Gasteiger partial charge in [0.05, 0.1) is 3.57 Å². The van der Waals surface area contributed by atoms with E-state index < -0.39 is 23.7 Å². The molecule has 0 aromatic heterocycles. The normalized spacial score (nSPS) is 18.8. The molecule has 0 amide bonds. The van der Waals surface area contributed by atoms with Crippen molar-refractivity contribution in [3.63, 3.8) is 0 Å². The van der Waals surface area contributed by atoms with Crippen LogP contribution in [0.3, 0.4) is 0 Å². The summed E-state index contributed by atoms with van der Waals surface area (Å²) in [4.78, 5) is 36.1. The molecule has 6 nitrogen and oxygen atoms in total. The minimum absolute atomic E-state index is 0.205. The second-order valence-electron chi connectivity index (χ2n) is 5.85. The van der Waals surface area contributed by atoms with Gasteiger partial charge in [-0.3, -0.25) is 4.79 Å². The zero-order chi connectivity index (χ0) is 18.2. The van der Waals surface area contributed by atoms with Gasteiger partial charge < -0.3 is 14.2 Å². The van der Waals surface area contributed by atoms with Gasteiger partial charge in [0.25, 0.3) is 5.79 Å². The maximum atomic E-state index is 12.4. The van der Waals surface area contributed by atoms with Gasteiger partial charge in [-0.1, -0.05) is 0 Å². The van der Waals surface area contributed by atoms with Crippen molar-refractivity contribution in [1.82, 2.24) is 0 Å². The molecule has 132 valence electrons. The first kappa shape index (κ1) is 18.6. The Labute approximate surface area is 171 Å². The van der Waals surface area contributed by atoms with Gasteiger partial charge in [0.2, 0.25) is 0 Å². The van der Waals surface area contributed by atoms with Crippen molar-refractivity contribution in [2.75, 3.05) is 0 Å². The van der Waals surface area contributed by atoms with Crippen LogP contribution in [0.25, 0.3) is 6.08 Å². The average molecular weight is 568 g/mol. The third-order valence-electron chi connectivity index (χ3n) is 3.95. The zero-order valence-corrected chi connectivity index (χ0v) is 17.6. The molecule has 1 aliphatic heterocycles. The van der Waals surface area contributed by atoms with Crippen LogP contribution >= 0.6 is 45.2 Å². The summed E-state index contributed by atoms with van der Waals surface area (Å²) in [6.45, 7) is 1.29. The van der Waals surface area contributed by atoms with Crippen molar-refractivity contribution in [1.29, 1.82) is 0 Å². The summed E-state index contributed by atoms with van der Waals surface area (Å²) >= 11 is 4.14. The molecule has 1 heterocycles. The molecule has 1 aliphatic carbocycles. The van der Waals surface area contributed by atoms with Crippen LogP contribution in [0.15, 0.2) is 17.7 Å². The number of halogens is 2. The summed E-state index contributed by atoms with van der Waals surface area (Å²) in [5.41, 5.74) is 0.237. The summed E-state index contributed by atoms with van der Waals surface area (Å²) in [6.07, 6.45) is 4.11. The van der Waals surface area contributed by atoms with E-state index in [0.717, 1.165) is 16.4 Å². The van der Waals surface area contributed by atoms with Gasteiger partial charge in [0.1, 0.15) is 5.57 Å². The Kier molecular flexibility index (Phi) is 5.37. The predicted octanol–water partition coefficient (Wildman–Crippen LogP) is 3.57. The maximum Gasteiger partial charge on any atom is 0.348 e. The number of rotatable bonds is 2. The number of ether oxygens (including phenoxy) is 3. The Balaban J connectivity index is 1.99. The number of carbonyl (C=O) groups is 3. The van der Waals surface area contributed by atoms with E-state index in [1.807, 2.05) is 28.7 Å². The highest BCUT2D eigenvalue weighted by molar-refractivity contribution is 14.1. The lowest BCUT2D eigenvalue weighted by atomic mass is 10.1. The minimum Gasteiger partial charge on any atom is -0.425 e. The fraction of sp³-hybridized carbons (Fsp3) is 0.353. The zero-order valence-electron chi connectivity index (χ0n) is 13.3. The number of esters is 3. The first-order valence-electron chi connectivity index (χ1n) is 7.65. The first-order valence-corrected chi connectivity index (χ1v) is 9.81. The highest BCUT2D eigenvalue weighted by Gasteiger charge is 2.48. The third kappa shape index (κ3) is 3.99. The Morgan fingerprint density at radius 2 is 1.76 bits per heavy atom. The Hall–Kier alpha value is -1.17. The largest absolute Gasteiger partial charge is 0.425 e. The van der Waals surface area contributed by atoms with Crippen molar-refractivity contribution in [2.24, 2.45) is 0 Å². The minimum atomic E-state index is -1.11. The molecule has 0 N–H and O–H groups in total. The summed E-state index contributed by atoms with van der Waals surface area (Å²) in [5, 5.41) is 0. The fourth-order valence-corrected chi connectivity index (χ4v) is 4.88. The molecule has 1 aromatic carbocycles. The standard InChI is InChI=1S/C17H14I2O6/c1-9(20)23-14-10(6-11(18)8-13(14)19)7-12-15(21)24-17(25-16(12)22)4-2-3-5-17/h6-8H,2-5H2,1H3. The molecule has 1 saturated heterocycles.